The number of ether oxygens (including phenoxy) is 1. The second-order valence-corrected chi connectivity index (χ2v) is 4.25. The minimum atomic E-state index is -0.407. The first kappa shape index (κ1) is 14.5. The van der Waals surface area contributed by atoms with Gasteiger partial charge in [0.2, 0.25) is 5.91 Å². The number of hydrazone groups is 1. The van der Waals surface area contributed by atoms with Gasteiger partial charge in [0.15, 0.2) is 0 Å². The molecule has 5 heteroatoms. The average molecular weight is 282 g/mol. The highest BCUT2D eigenvalue weighted by Crippen LogP contribution is 2.13. The molecule has 0 radical (unpaired) electrons. The third kappa shape index (κ3) is 4.58. The van der Waals surface area contributed by atoms with Crippen molar-refractivity contribution < 1.29 is 14.3 Å². The molecule has 0 aliphatic heterocycles. The molecule has 2 aromatic rings. The minimum Gasteiger partial charge on any atom is -0.423 e. The lowest BCUT2D eigenvalue weighted by atomic mass is 10.2. The molecule has 1 N–H and O–H groups in total. The van der Waals surface area contributed by atoms with E-state index in [0.717, 1.165) is 5.56 Å². The maximum Gasteiger partial charge on any atom is 0.343 e. The maximum atomic E-state index is 11.8. The van der Waals surface area contributed by atoms with Crippen molar-refractivity contribution in [3.8, 4) is 5.75 Å². The number of esters is 1. The summed E-state index contributed by atoms with van der Waals surface area (Å²) in [6.45, 7) is 1.38. The van der Waals surface area contributed by atoms with Gasteiger partial charge in [-0.1, -0.05) is 18.2 Å². The van der Waals surface area contributed by atoms with E-state index < -0.39 is 5.97 Å². The summed E-state index contributed by atoms with van der Waals surface area (Å²) in [6, 6.07) is 15.6. The molecule has 0 fully saturated rings. The first-order chi connectivity index (χ1) is 10.1. The number of amides is 1. The van der Waals surface area contributed by atoms with Gasteiger partial charge in [-0.2, -0.15) is 5.10 Å². The molecule has 0 spiro atoms. The van der Waals surface area contributed by atoms with E-state index >= 15 is 0 Å². The summed E-state index contributed by atoms with van der Waals surface area (Å²) in [4.78, 5) is 22.5. The van der Waals surface area contributed by atoms with Crippen LogP contribution in [0.4, 0.5) is 0 Å². The van der Waals surface area contributed by atoms with Gasteiger partial charge in [-0.3, -0.25) is 4.79 Å². The van der Waals surface area contributed by atoms with Gasteiger partial charge in [0, 0.05) is 6.92 Å². The third-order valence-corrected chi connectivity index (χ3v) is 2.54. The lowest BCUT2D eigenvalue weighted by Gasteiger charge is -2.04. The summed E-state index contributed by atoms with van der Waals surface area (Å²) < 4.78 is 5.24. The minimum absolute atomic E-state index is 0.236. The second-order valence-electron chi connectivity index (χ2n) is 4.25. The Labute approximate surface area is 122 Å². The Morgan fingerprint density at radius 2 is 1.71 bits per heavy atom. The van der Waals surface area contributed by atoms with E-state index in [4.69, 9.17) is 4.74 Å². The van der Waals surface area contributed by atoms with E-state index in [2.05, 4.69) is 10.5 Å². The van der Waals surface area contributed by atoms with E-state index in [1.54, 1.807) is 48.5 Å². The van der Waals surface area contributed by atoms with Gasteiger partial charge in [-0.15, -0.1) is 0 Å². The highest BCUT2D eigenvalue weighted by atomic mass is 16.5. The number of carbonyl (C=O) groups excluding carboxylic acids is 2. The fourth-order valence-electron chi connectivity index (χ4n) is 1.56. The summed E-state index contributed by atoms with van der Waals surface area (Å²) in [6.07, 6.45) is 1.50. The van der Waals surface area contributed by atoms with Crippen LogP contribution < -0.4 is 10.2 Å². The first-order valence-electron chi connectivity index (χ1n) is 6.32. The molecule has 0 aliphatic rings. The van der Waals surface area contributed by atoms with Crippen molar-refractivity contribution in [2.45, 2.75) is 6.92 Å². The monoisotopic (exact) mass is 282 g/mol. The summed E-state index contributed by atoms with van der Waals surface area (Å²) in [5.74, 6) is -0.199. The van der Waals surface area contributed by atoms with Crippen molar-refractivity contribution in [3.63, 3.8) is 0 Å². The smallest absolute Gasteiger partial charge is 0.343 e. The van der Waals surface area contributed by atoms with Crippen LogP contribution in [0.15, 0.2) is 59.7 Å². The maximum absolute atomic E-state index is 11.8. The van der Waals surface area contributed by atoms with Gasteiger partial charge in [0.25, 0.3) is 0 Å². The van der Waals surface area contributed by atoms with E-state index in [-0.39, 0.29) is 5.91 Å². The summed E-state index contributed by atoms with van der Waals surface area (Å²) >= 11 is 0. The Hall–Kier alpha value is -2.95. The molecule has 0 heterocycles. The van der Waals surface area contributed by atoms with Crippen molar-refractivity contribution >= 4 is 18.1 Å². The molecular weight excluding hydrogens is 268 g/mol. The first-order valence-corrected chi connectivity index (χ1v) is 6.32. The Kier molecular flexibility index (Phi) is 4.82. The summed E-state index contributed by atoms with van der Waals surface area (Å²) in [7, 11) is 0. The van der Waals surface area contributed by atoms with Crippen LogP contribution in [-0.2, 0) is 4.79 Å². The Balaban J connectivity index is 1.98. The Morgan fingerprint density at radius 1 is 1.05 bits per heavy atom. The summed E-state index contributed by atoms with van der Waals surface area (Å²) in [5.41, 5.74) is 3.58. The van der Waals surface area contributed by atoms with Crippen LogP contribution in [0.3, 0.4) is 0 Å². The van der Waals surface area contributed by atoms with Crippen LogP contribution in [0.5, 0.6) is 5.75 Å². The highest BCUT2D eigenvalue weighted by Gasteiger charge is 2.07. The SMILES string of the molecule is CC(=O)N/N=C\c1ccc(OC(=O)c2ccccc2)cc1. The molecule has 21 heavy (non-hydrogen) atoms. The molecule has 2 rings (SSSR count). The molecule has 0 saturated heterocycles. The molecule has 0 unspecified atom stereocenters. The zero-order valence-electron chi connectivity index (χ0n) is 11.4. The molecule has 0 saturated carbocycles. The molecule has 5 nitrogen and oxygen atoms in total. The van der Waals surface area contributed by atoms with E-state index in [1.807, 2.05) is 6.07 Å². The number of hydrogen-bond donors (Lipinski definition) is 1. The van der Waals surface area contributed by atoms with Crippen LogP contribution in [0, 0.1) is 0 Å². The highest BCUT2D eigenvalue weighted by molar-refractivity contribution is 5.91. The van der Waals surface area contributed by atoms with Gasteiger partial charge in [-0.25, -0.2) is 10.2 Å². The number of rotatable bonds is 4. The molecule has 2 aromatic carbocycles. The van der Waals surface area contributed by atoms with Gasteiger partial charge in [0.05, 0.1) is 11.8 Å². The number of benzene rings is 2. The third-order valence-electron chi connectivity index (χ3n) is 2.54. The lowest BCUT2D eigenvalue weighted by molar-refractivity contribution is -0.118. The van der Waals surface area contributed by atoms with Gasteiger partial charge < -0.3 is 4.74 Å². The molecule has 0 aliphatic carbocycles. The predicted molar refractivity (Wildman–Crippen MR) is 79.3 cm³/mol. The van der Waals surface area contributed by atoms with E-state index in [0.29, 0.717) is 11.3 Å². The number of nitrogens with one attached hydrogen (secondary N) is 1. The van der Waals surface area contributed by atoms with Crippen molar-refractivity contribution in [1.29, 1.82) is 0 Å². The fraction of sp³-hybridized carbons (Fsp3) is 0.0625. The standard InChI is InChI=1S/C16H14N2O3/c1-12(19)18-17-11-13-7-9-15(10-8-13)21-16(20)14-5-3-2-4-6-14/h2-11H,1H3,(H,18,19)/b17-11-. The van der Waals surface area contributed by atoms with Gasteiger partial charge in [0.1, 0.15) is 5.75 Å². The Morgan fingerprint density at radius 3 is 2.33 bits per heavy atom. The predicted octanol–water partition coefficient (Wildman–Crippen LogP) is 2.38. The quantitative estimate of drug-likeness (QED) is 0.405. The zero-order valence-corrected chi connectivity index (χ0v) is 11.4. The Bertz CT molecular complexity index is 649. The lowest BCUT2D eigenvalue weighted by Crippen LogP contribution is -2.12. The number of hydrogen-bond acceptors (Lipinski definition) is 4. The van der Waals surface area contributed by atoms with Crippen LogP contribution in [-0.4, -0.2) is 18.1 Å². The summed E-state index contributed by atoms with van der Waals surface area (Å²) in [5, 5.41) is 3.75. The van der Waals surface area contributed by atoms with Crippen molar-refractivity contribution in [2.75, 3.05) is 0 Å². The number of carbonyl (C=O) groups is 2. The molecule has 0 bridgehead atoms. The molecular formula is C16H14N2O3. The van der Waals surface area contributed by atoms with Crippen LogP contribution >= 0.6 is 0 Å². The van der Waals surface area contributed by atoms with E-state index in [1.165, 1.54) is 13.1 Å². The second kappa shape index (κ2) is 7.00. The van der Waals surface area contributed by atoms with Crippen molar-refractivity contribution in [1.82, 2.24) is 5.43 Å². The van der Waals surface area contributed by atoms with Crippen LogP contribution in [0.1, 0.15) is 22.8 Å². The van der Waals surface area contributed by atoms with Gasteiger partial charge >= 0.3 is 5.97 Å². The molecule has 0 atom stereocenters. The van der Waals surface area contributed by atoms with Crippen molar-refractivity contribution in [2.24, 2.45) is 5.10 Å². The van der Waals surface area contributed by atoms with Crippen LogP contribution in [0.2, 0.25) is 0 Å². The van der Waals surface area contributed by atoms with Crippen LogP contribution in [0.25, 0.3) is 0 Å². The largest absolute Gasteiger partial charge is 0.423 e. The zero-order chi connectivity index (χ0) is 15.1. The topological polar surface area (TPSA) is 67.8 Å². The number of nitrogens with zero attached hydrogens (tertiary/aromatic N) is 1. The normalized spacial score (nSPS) is 10.3. The molecule has 106 valence electrons. The van der Waals surface area contributed by atoms with Gasteiger partial charge in [-0.05, 0) is 42.0 Å². The van der Waals surface area contributed by atoms with E-state index in [9.17, 15) is 9.59 Å². The molecule has 0 aromatic heterocycles. The average Bonchev–Trinajstić information content (AvgIpc) is 2.49. The van der Waals surface area contributed by atoms with Crippen molar-refractivity contribution in [3.05, 3.63) is 65.7 Å². The fourth-order valence-corrected chi connectivity index (χ4v) is 1.56. The molecule has 1 amide bonds.